The van der Waals surface area contributed by atoms with Crippen molar-refractivity contribution in [2.24, 2.45) is 7.05 Å². The van der Waals surface area contributed by atoms with Gasteiger partial charge in [-0.2, -0.15) is 0 Å². The molecule has 4 heteroatoms. The molecule has 0 spiro atoms. The Morgan fingerprint density at radius 1 is 1.64 bits per heavy atom. The monoisotopic (exact) mass is 197 g/mol. The van der Waals surface area contributed by atoms with Crippen LogP contribution in [0.15, 0.2) is 6.07 Å². The predicted octanol–water partition coefficient (Wildman–Crippen LogP) is 1.00. The van der Waals surface area contributed by atoms with E-state index in [9.17, 15) is 4.79 Å². The van der Waals surface area contributed by atoms with Crippen LogP contribution >= 0.6 is 0 Å². The number of aliphatic hydroxyl groups is 1. The molecular formula is C10H15NO3. The molecule has 0 amide bonds. The number of nitrogens with zero attached hydrogens (tertiary/aromatic N) is 1. The van der Waals surface area contributed by atoms with E-state index >= 15 is 0 Å². The molecule has 1 aromatic heterocycles. The van der Waals surface area contributed by atoms with Gasteiger partial charge in [-0.05, 0) is 25.5 Å². The molecule has 4 nitrogen and oxygen atoms in total. The van der Waals surface area contributed by atoms with Gasteiger partial charge >= 0.3 is 5.97 Å². The van der Waals surface area contributed by atoms with Crippen molar-refractivity contribution in [1.29, 1.82) is 0 Å². The maximum atomic E-state index is 11.4. The highest BCUT2D eigenvalue weighted by molar-refractivity contribution is 5.88. The van der Waals surface area contributed by atoms with E-state index in [-0.39, 0.29) is 12.6 Å². The fourth-order valence-electron chi connectivity index (χ4n) is 1.43. The Hall–Kier alpha value is -1.29. The van der Waals surface area contributed by atoms with Gasteiger partial charge in [0.2, 0.25) is 0 Å². The average molecular weight is 197 g/mol. The highest BCUT2D eigenvalue weighted by Crippen LogP contribution is 2.14. The number of carbonyl (C=O) groups excluding carboxylic acids is 1. The Morgan fingerprint density at radius 2 is 2.29 bits per heavy atom. The number of aryl methyl sites for hydroxylation is 1. The van der Waals surface area contributed by atoms with Gasteiger partial charge in [-0.3, -0.25) is 0 Å². The first-order valence-electron chi connectivity index (χ1n) is 4.55. The minimum atomic E-state index is -0.349. The van der Waals surface area contributed by atoms with Gasteiger partial charge in [0.25, 0.3) is 0 Å². The summed E-state index contributed by atoms with van der Waals surface area (Å²) in [5.74, 6) is -0.349. The molecule has 0 bridgehead atoms. The lowest BCUT2D eigenvalue weighted by Crippen LogP contribution is -2.11. The molecule has 1 rings (SSSR count). The molecule has 0 aromatic carbocycles. The van der Waals surface area contributed by atoms with Gasteiger partial charge in [0.15, 0.2) is 0 Å². The van der Waals surface area contributed by atoms with Gasteiger partial charge in [-0.25, -0.2) is 4.79 Å². The van der Waals surface area contributed by atoms with Gasteiger partial charge < -0.3 is 14.4 Å². The third kappa shape index (κ3) is 1.80. The number of esters is 1. The molecule has 0 saturated heterocycles. The number of hydrogen-bond acceptors (Lipinski definition) is 3. The third-order valence-corrected chi connectivity index (χ3v) is 2.21. The van der Waals surface area contributed by atoms with Crippen LogP contribution < -0.4 is 0 Å². The van der Waals surface area contributed by atoms with Crippen LogP contribution in [0.1, 0.15) is 28.7 Å². The zero-order chi connectivity index (χ0) is 10.7. The molecule has 0 aliphatic heterocycles. The second-order valence-electron chi connectivity index (χ2n) is 3.10. The summed E-state index contributed by atoms with van der Waals surface area (Å²) in [4.78, 5) is 11.4. The minimum absolute atomic E-state index is 0.0677. The van der Waals surface area contributed by atoms with Crippen LogP contribution in [0.25, 0.3) is 0 Å². The summed E-state index contributed by atoms with van der Waals surface area (Å²) >= 11 is 0. The minimum Gasteiger partial charge on any atom is -0.461 e. The van der Waals surface area contributed by atoms with Crippen LogP contribution in [-0.2, 0) is 18.4 Å². The molecule has 0 saturated carbocycles. The van der Waals surface area contributed by atoms with Crippen molar-refractivity contribution in [2.75, 3.05) is 6.61 Å². The van der Waals surface area contributed by atoms with Gasteiger partial charge in [0.1, 0.15) is 5.69 Å². The summed E-state index contributed by atoms with van der Waals surface area (Å²) < 4.78 is 6.54. The maximum Gasteiger partial charge on any atom is 0.354 e. The van der Waals surface area contributed by atoms with Crippen LogP contribution in [-0.4, -0.2) is 22.2 Å². The molecule has 78 valence electrons. The summed E-state index contributed by atoms with van der Waals surface area (Å²) in [6, 6.07) is 1.73. The molecule has 0 unspecified atom stereocenters. The van der Waals surface area contributed by atoms with Crippen molar-refractivity contribution in [3.8, 4) is 0 Å². The number of aliphatic hydroxyl groups excluding tert-OH is 1. The highest BCUT2D eigenvalue weighted by atomic mass is 16.5. The number of aromatic nitrogens is 1. The van der Waals surface area contributed by atoms with Crippen LogP contribution in [0.2, 0.25) is 0 Å². The first-order valence-corrected chi connectivity index (χ1v) is 4.55. The molecular weight excluding hydrogens is 182 g/mol. The Morgan fingerprint density at radius 3 is 2.71 bits per heavy atom. The molecule has 0 aliphatic rings. The van der Waals surface area contributed by atoms with E-state index < -0.39 is 0 Å². The van der Waals surface area contributed by atoms with E-state index in [2.05, 4.69) is 0 Å². The van der Waals surface area contributed by atoms with Crippen molar-refractivity contribution < 1.29 is 14.6 Å². The SMILES string of the molecule is CCOC(=O)c1cc(C)c(CO)n1C. The molecule has 0 atom stereocenters. The van der Waals surface area contributed by atoms with E-state index in [1.165, 1.54) is 0 Å². The predicted molar refractivity (Wildman–Crippen MR) is 52.0 cm³/mol. The second-order valence-corrected chi connectivity index (χ2v) is 3.10. The number of rotatable bonds is 3. The molecule has 1 heterocycles. The van der Waals surface area contributed by atoms with E-state index in [0.29, 0.717) is 12.3 Å². The lowest BCUT2D eigenvalue weighted by molar-refractivity contribution is 0.0514. The lowest BCUT2D eigenvalue weighted by Gasteiger charge is -2.05. The van der Waals surface area contributed by atoms with Crippen LogP contribution in [0.5, 0.6) is 0 Å². The van der Waals surface area contributed by atoms with Crippen molar-refractivity contribution in [2.45, 2.75) is 20.5 Å². The molecule has 0 radical (unpaired) electrons. The normalized spacial score (nSPS) is 10.3. The number of ether oxygens (including phenoxy) is 1. The van der Waals surface area contributed by atoms with Gasteiger partial charge in [-0.1, -0.05) is 0 Å². The summed E-state index contributed by atoms with van der Waals surface area (Å²) in [7, 11) is 1.74. The number of hydrogen-bond donors (Lipinski definition) is 1. The first kappa shape index (κ1) is 10.8. The molecule has 1 aromatic rings. The molecule has 0 aliphatic carbocycles. The topological polar surface area (TPSA) is 51.5 Å². The smallest absolute Gasteiger partial charge is 0.354 e. The molecule has 0 fully saturated rings. The fraction of sp³-hybridized carbons (Fsp3) is 0.500. The van der Waals surface area contributed by atoms with Crippen molar-refractivity contribution in [3.63, 3.8) is 0 Å². The quantitative estimate of drug-likeness (QED) is 0.735. The number of carbonyl (C=O) groups is 1. The fourth-order valence-corrected chi connectivity index (χ4v) is 1.43. The lowest BCUT2D eigenvalue weighted by atomic mass is 10.3. The third-order valence-electron chi connectivity index (χ3n) is 2.21. The summed E-state index contributed by atoms with van der Waals surface area (Å²) in [6.07, 6.45) is 0. The van der Waals surface area contributed by atoms with Gasteiger partial charge in [0.05, 0.1) is 13.2 Å². The standard InChI is InChI=1S/C10H15NO3/c1-4-14-10(13)8-5-7(2)9(6-12)11(8)3/h5,12H,4,6H2,1-3H3. The van der Waals surface area contributed by atoms with E-state index in [1.807, 2.05) is 6.92 Å². The average Bonchev–Trinajstić information content (AvgIpc) is 2.42. The molecule has 14 heavy (non-hydrogen) atoms. The van der Waals surface area contributed by atoms with Crippen LogP contribution in [0.4, 0.5) is 0 Å². The molecule has 1 N–H and O–H groups in total. The zero-order valence-corrected chi connectivity index (χ0v) is 8.70. The Bertz CT molecular complexity index is 341. The van der Waals surface area contributed by atoms with Gasteiger partial charge in [-0.15, -0.1) is 0 Å². The van der Waals surface area contributed by atoms with E-state index in [1.54, 1.807) is 24.6 Å². The Kier molecular flexibility index (Phi) is 3.30. The van der Waals surface area contributed by atoms with E-state index in [0.717, 1.165) is 11.3 Å². The van der Waals surface area contributed by atoms with Crippen molar-refractivity contribution in [3.05, 3.63) is 23.0 Å². The first-order chi connectivity index (χ1) is 6.61. The second kappa shape index (κ2) is 4.28. The van der Waals surface area contributed by atoms with Crippen molar-refractivity contribution >= 4 is 5.97 Å². The summed E-state index contributed by atoms with van der Waals surface area (Å²) in [5, 5.41) is 9.05. The zero-order valence-electron chi connectivity index (χ0n) is 8.70. The van der Waals surface area contributed by atoms with Crippen LogP contribution in [0.3, 0.4) is 0 Å². The highest BCUT2D eigenvalue weighted by Gasteiger charge is 2.15. The van der Waals surface area contributed by atoms with Crippen LogP contribution in [0, 0.1) is 6.92 Å². The van der Waals surface area contributed by atoms with E-state index in [4.69, 9.17) is 9.84 Å². The van der Waals surface area contributed by atoms with Gasteiger partial charge in [0, 0.05) is 12.7 Å². The Balaban J connectivity index is 3.04. The largest absolute Gasteiger partial charge is 0.461 e. The summed E-state index contributed by atoms with van der Waals surface area (Å²) in [5.41, 5.74) is 2.12. The van der Waals surface area contributed by atoms with Crippen molar-refractivity contribution in [1.82, 2.24) is 4.57 Å². The Labute approximate surface area is 83.1 Å². The maximum absolute atomic E-state index is 11.4. The summed E-state index contributed by atoms with van der Waals surface area (Å²) in [6.45, 7) is 3.91.